The second kappa shape index (κ2) is 15.7. The van der Waals surface area contributed by atoms with Gasteiger partial charge in [-0.05, 0) is 56.5 Å². The first-order valence-electron chi connectivity index (χ1n) is 13.7. The van der Waals surface area contributed by atoms with Gasteiger partial charge in [-0.25, -0.2) is 4.98 Å². The smallest absolute Gasteiger partial charge is 0.274 e. The zero-order valence-corrected chi connectivity index (χ0v) is 24.7. The molecule has 0 unspecified atom stereocenters. The molecule has 0 aliphatic carbocycles. The summed E-state index contributed by atoms with van der Waals surface area (Å²) in [5.74, 6) is 0.355. The van der Waals surface area contributed by atoms with Crippen molar-refractivity contribution in [2.24, 2.45) is 5.92 Å². The van der Waals surface area contributed by atoms with Gasteiger partial charge in [-0.3, -0.25) is 4.79 Å². The van der Waals surface area contributed by atoms with E-state index in [1.54, 1.807) is 14.2 Å². The van der Waals surface area contributed by atoms with E-state index in [9.17, 15) is 14.7 Å². The minimum Gasteiger partial charge on any atom is -0.503 e. The Morgan fingerprint density at radius 3 is 2.36 bits per heavy atom. The highest BCUT2D eigenvalue weighted by Crippen LogP contribution is 2.29. The fourth-order valence-corrected chi connectivity index (χ4v) is 4.53. The molecule has 42 heavy (non-hydrogen) atoms. The zero-order chi connectivity index (χ0) is 30.5. The Morgan fingerprint density at radius 1 is 1.02 bits per heavy atom. The van der Waals surface area contributed by atoms with Crippen LogP contribution < -0.4 is 19.5 Å². The van der Waals surface area contributed by atoms with Gasteiger partial charge >= 0.3 is 0 Å². The summed E-state index contributed by atoms with van der Waals surface area (Å²) in [6, 6.07) is 18.8. The molecule has 0 aliphatic heterocycles. The van der Waals surface area contributed by atoms with Gasteiger partial charge in [-0.2, -0.15) is 0 Å². The van der Waals surface area contributed by atoms with Crippen molar-refractivity contribution in [3.63, 3.8) is 0 Å². The predicted molar refractivity (Wildman–Crippen MR) is 157 cm³/mol. The molecule has 1 amide bonds. The molecule has 0 bridgehead atoms. The molecule has 0 spiro atoms. The predicted octanol–water partition coefficient (Wildman–Crippen LogP) is 4.24. The minimum absolute atomic E-state index is 0.0245. The number of carbonyl (C=O) groups is 2. The fourth-order valence-electron chi connectivity index (χ4n) is 4.53. The van der Waals surface area contributed by atoms with Crippen molar-refractivity contribution in [3.05, 3.63) is 78.1 Å². The number of methoxy groups -OCH3 is 3. The summed E-state index contributed by atoms with van der Waals surface area (Å²) in [6.45, 7) is 3.78. The molecule has 0 saturated heterocycles. The van der Waals surface area contributed by atoms with Crippen LogP contribution in [-0.4, -0.2) is 74.6 Å². The number of carbonyl (C=O) groups excluding carboxylic acids is 2. The Bertz CT molecular complexity index is 1270. The first-order chi connectivity index (χ1) is 20.2. The van der Waals surface area contributed by atoms with Gasteiger partial charge in [0.25, 0.3) is 5.91 Å². The maximum atomic E-state index is 13.0. The average Bonchev–Trinajstić information content (AvgIpc) is 3.01. The van der Waals surface area contributed by atoms with Crippen molar-refractivity contribution in [1.82, 2.24) is 10.3 Å². The van der Waals surface area contributed by atoms with Gasteiger partial charge in [-0.15, -0.1) is 0 Å². The summed E-state index contributed by atoms with van der Waals surface area (Å²) in [5, 5.41) is 13.0. The van der Waals surface area contributed by atoms with Crippen LogP contribution in [0.15, 0.2) is 66.9 Å². The molecule has 3 aromatic rings. The van der Waals surface area contributed by atoms with Crippen LogP contribution in [0.5, 0.6) is 23.0 Å². The number of aromatic nitrogens is 1. The van der Waals surface area contributed by atoms with Gasteiger partial charge in [0.05, 0.1) is 26.9 Å². The quantitative estimate of drug-likeness (QED) is 0.226. The number of nitrogens with one attached hydrogen (secondary N) is 1. The monoisotopic (exact) mass is 580 g/mol. The van der Waals surface area contributed by atoms with Gasteiger partial charge in [-0.1, -0.05) is 30.3 Å². The van der Waals surface area contributed by atoms with Crippen LogP contribution in [0.2, 0.25) is 0 Å². The molecular weight excluding hydrogens is 540 g/mol. The molecule has 0 aliphatic rings. The van der Waals surface area contributed by atoms with Crippen molar-refractivity contribution in [2.75, 3.05) is 34.5 Å². The third-order valence-electron chi connectivity index (χ3n) is 6.92. The first kappa shape index (κ1) is 32.4. The van der Waals surface area contributed by atoms with Gasteiger partial charge < -0.3 is 38.9 Å². The lowest BCUT2D eigenvalue weighted by Crippen LogP contribution is -2.52. The summed E-state index contributed by atoms with van der Waals surface area (Å²) in [6.07, 6.45) is 2.38. The number of ether oxygens (including phenoxy) is 5. The molecule has 226 valence electrons. The summed E-state index contributed by atoms with van der Waals surface area (Å²) in [4.78, 5) is 29.1. The molecule has 3 rings (SSSR count). The van der Waals surface area contributed by atoms with Crippen LogP contribution in [0, 0.1) is 5.92 Å². The SMILES string of the molecule is COCC[C@H](Cc1ccc(OC)cc1)[C@@H](Oc1ccccc1)[C@H](C)OC[C@@](C)(C=O)NC(=O)c1nccc(OC)c1O. The number of rotatable bonds is 17. The number of benzene rings is 2. The second-order valence-corrected chi connectivity index (χ2v) is 10.2. The highest BCUT2D eigenvalue weighted by atomic mass is 16.5. The molecule has 10 heteroatoms. The molecule has 0 radical (unpaired) electrons. The number of nitrogens with zero attached hydrogens (tertiary/aromatic N) is 1. The van der Waals surface area contributed by atoms with Crippen LogP contribution in [0.1, 0.15) is 36.3 Å². The van der Waals surface area contributed by atoms with E-state index in [4.69, 9.17) is 23.7 Å². The van der Waals surface area contributed by atoms with Crippen LogP contribution in [0.25, 0.3) is 0 Å². The summed E-state index contributed by atoms with van der Waals surface area (Å²) >= 11 is 0. The second-order valence-electron chi connectivity index (χ2n) is 10.2. The van der Waals surface area contributed by atoms with Gasteiger partial charge in [0, 0.05) is 31.9 Å². The van der Waals surface area contributed by atoms with E-state index in [1.807, 2.05) is 61.5 Å². The average molecular weight is 581 g/mol. The van der Waals surface area contributed by atoms with E-state index in [-0.39, 0.29) is 24.0 Å². The lowest BCUT2D eigenvalue weighted by atomic mass is 9.88. The van der Waals surface area contributed by atoms with Crippen molar-refractivity contribution in [2.45, 2.75) is 44.4 Å². The van der Waals surface area contributed by atoms with Gasteiger partial charge in [0.15, 0.2) is 17.2 Å². The molecule has 0 fully saturated rings. The third-order valence-corrected chi connectivity index (χ3v) is 6.92. The van der Waals surface area contributed by atoms with E-state index in [1.165, 1.54) is 26.3 Å². The lowest BCUT2D eigenvalue weighted by molar-refractivity contribution is -0.118. The van der Waals surface area contributed by atoms with E-state index in [2.05, 4.69) is 10.3 Å². The number of para-hydroxylation sites is 1. The maximum Gasteiger partial charge on any atom is 0.274 e. The highest BCUT2D eigenvalue weighted by molar-refractivity contribution is 5.97. The molecular formula is C32H40N2O8. The molecule has 2 N–H and O–H groups in total. The Labute approximate surface area is 246 Å². The van der Waals surface area contributed by atoms with Crippen LogP contribution in [0.4, 0.5) is 0 Å². The standard InChI is InChI=1S/C32H40N2O8/c1-22(41-21-32(2,20-35)34-31(37)28-29(36)27(40-5)15-17-33-28)30(42-26-9-7-6-8-10-26)24(16-18-38-3)19-23-11-13-25(39-4)14-12-23/h6-15,17,20,22,24,30,36H,16,18-19,21H2,1-5H3,(H,34,37)/t22-,24+,30-,32+/m0/s1. The van der Waals surface area contributed by atoms with Crippen molar-refractivity contribution in [1.29, 1.82) is 0 Å². The number of aromatic hydroxyl groups is 1. The van der Waals surface area contributed by atoms with Crippen molar-refractivity contribution < 1.29 is 38.4 Å². The summed E-state index contributed by atoms with van der Waals surface area (Å²) < 4.78 is 28.5. The Kier molecular flexibility index (Phi) is 12.1. The fraction of sp³-hybridized carbons (Fsp3) is 0.406. The molecule has 1 heterocycles. The summed E-state index contributed by atoms with van der Waals surface area (Å²) in [7, 11) is 4.65. The van der Waals surface area contributed by atoms with Crippen LogP contribution >= 0.6 is 0 Å². The Balaban J connectivity index is 1.81. The Morgan fingerprint density at radius 2 is 1.74 bits per heavy atom. The van der Waals surface area contributed by atoms with Crippen LogP contribution in [-0.2, 0) is 20.7 Å². The number of hydrogen-bond donors (Lipinski definition) is 2. The maximum absolute atomic E-state index is 13.0. The highest BCUT2D eigenvalue weighted by Gasteiger charge is 2.34. The zero-order valence-electron chi connectivity index (χ0n) is 24.7. The normalized spacial score (nSPS) is 14.6. The van der Waals surface area contributed by atoms with E-state index in [0.29, 0.717) is 31.5 Å². The molecule has 4 atom stereocenters. The summed E-state index contributed by atoms with van der Waals surface area (Å²) in [5.41, 5.74) is -0.584. The Hall–Kier alpha value is -4.15. The van der Waals surface area contributed by atoms with E-state index in [0.717, 1.165) is 11.3 Å². The van der Waals surface area contributed by atoms with Gasteiger partial charge in [0.1, 0.15) is 29.4 Å². The van der Waals surface area contributed by atoms with Crippen molar-refractivity contribution in [3.8, 4) is 23.0 Å². The van der Waals surface area contributed by atoms with E-state index < -0.39 is 29.4 Å². The topological polar surface area (TPSA) is 125 Å². The molecule has 10 nitrogen and oxygen atoms in total. The largest absolute Gasteiger partial charge is 0.503 e. The lowest BCUT2D eigenvalue weighted by Gasteiger charge is -2.34. The first-order valence-corrected chi connectivity index (χ1v) is 13.7. The number of aldehydes is 1. The molecule has 0 saturated carbocycles. The number of amides is 1. The van der Waals surface area contributed by atoms with Gasteiger partial charge in [0.2, 0.25) is 0 Å². The minimum atomic E-state index is -1.42. The third kappa shape index (κ3) is 8.92. The molecule has 1 aromatic heterocycles. The molecule has 2 aromatic carbocycles. The van der Waals surface area contributed by atoms with E-state index >= 15 is 0 Å². The number of hydrogen-bond acceptors (Lipinski definition) is 9. The number of pyridine rings is 1. The van der Waals surface area contributed by atoms with Crippen LogP contribution in [0.3, 0.4) is 0 Å². The van der Waals surface area contributed by atoms with Crippen molar-refractivity contribution >= 4 is 12.2 Å².